The van der Waals surface area contributed by atoms with E-state index in [0.717, 1.165) is 25.5 Å². The Morgan fingerprint density at radius 1 is 1.31 bits per heavy atom. The van der Waals surface area contributed by atoms with Crippen LogP contribution in [0.4, 0.5) is 0 Å². The van der Waals surface area contributed by atoms with Crippen LogP contribution in [-0.2, 0) is 4.74 Å². The summed E-state index contributed by atoms with van der Waals surface area (Å²) in [6.07, 6.45) is 6.87. The molecule has 0 amide bonds. The fourth-order valence-electron chi connectivity index (χ4n) is 2.78. The van der Waals surface area contributed by atoms with Crippen LogP contribution in [0.1, 0.15) is 52.9 Å². The second-order valence-electron chi connectivity index (χ2n) is 5.91. The van der Waals surface area contributed by atoms with Gasteiger partial charge in [-0.2, -0.15) is 0 Å². The van der Waals surface area contributed by atoms with Gasteiger partial charge in [0.25, 0.3) is 0 Å². The molecule has 1 atom stereocenters. The highest BCUT2D eigenvalue weighted by molar-refractivity contribution is 4.85. The molecule has 16 heavy (non-hydrogen) atoms. The predicted octanol–water partition coefficient (Wildman–Crippen LogP) is 3.22. The molecule has 1 rings (SSSR count). The van der Waals surface area contributed by atoms with Gasteiger partial charge < -0.3 is 10.1 Å². The van der Waals surface area contributed by atoms with E-state index in [1.165, 1.54) is 25.7 Å². The smallest absolute Gasteiger partial charge is 0.0615 e. The van der Waals surface area contributed by atoms with Gasteiger partial charge in [0.05, 0.1) is 6.61 Å². The minimum Gasteiger partial charge on any atom is -0.383 e. The molecule has 2 heteroatoms. The molecule has 1 saturated carbocycles. The van der Waals surface area contributed by atoms with Crippen LogP contribution in [0.15, 0.2) is 0 Å². The van der Waals surface area contributed by atoms with Crippen molar-refractivity contribution >= 4 is 0 Å². The highest BCUT2D eigenvalue weighted by Gasteiger charge is 2.31. The minimum atomic E-state index is 0.442. The van der Waals surface area contributed by atoms with Crippen LogP contribution in [0.25, 0.3) is 0 Å². The van der Waals surface area contributed by atoms with Crippen LogP contribution in [-0.4, -0.2) is 26.3 Å². The van der Waals surface area contributed by atoms with Gasteiger partial charge in [0.15, 0.2) is 0 Å². The first-order valence-electron chi connectivity index (χ1n) is 6.82. The molecule has 0 heterocycles. The van der Waals surface area contributed by atoms with Crippen molar-refractivity contribution in [2.75, 3.05) is 20.3 Å². The van der Waals surface area contributed by atoms with E-state index in [4.69, 9.17) is 4.74 Å². The molecule has 0 aromatic carbocycles. The Bertz CT molecular complexity index is 185. The molecule has 1 fully saturated rings. The molecule has 0 aliphatic heterocycles. The van der Waals surface area contributed by atoms with E-state index in [9.17, 15) is 0 Å². The number of methoxy groups -OCH3 is 1. The zero-order valence-electron chi connectivity index (χ0n) is 11.5. The molecular weight excluding hydrogens is 198 g/mol. The summed E-state index contributed by atoms with van der Waals surface area (Å²) in [6.45, 7) is 9.00. The molecule has 1 aliphatic carbocycles. The molecule has 96 valence electrons. The quantitative estimate of drug-likeness (QED) is 0.721. The first kappa shape index (κ1) is 14.0. The van der Waals surface area contributed by atoms with E-state index in [1.807, 2.05) is 0 Å². The Morgan fingerprint density at radius 2 is 1.94 bits per heavy atom. The first-order valence-corrected chi connectivity index (χ1v) is 6.82. The summed E-state index contributed by atoms with van der Waals surface area (Å²) in [7, 11) is 1.78. The average molecular weight is 227 g/mol. The lowest BCUT2D eigenvalue weighted by Crippen LogP contribution is -2.41. The molecule has 1 unspecified atom stereocenters. The second-order valence-corrected chi connectivity index (χ2v) is 5.91. The van der Waals surface area contributed by atoms with E-state index >= 15 is 0 Å². The zero-order chi connectivity index (χ0) is 12.0. The third-order valence-electron chi connectivity index (χ3n) is 4.17. The Balaban J connectivity index is 2.33. The SMILES string of the molecule is CCC(COC)NCC(C)(C)C1CCCC1. The third-order valence-corrected chi connectivity index (χ3v) is 4.17. The van der Waals surface area contributed by atoms with Crippen molar-refractivity contribution in [1.82, 2.24) is 5.32 Å². The van der Waals surface area contributed by atoms with E-state index in [0.29, 0.717) is 11.5 Å². The van der Waals surface area contributed by atoms with E-state index in [-0.39, 0.29) is 0 Å². The van der Waals surface area contributed by atoms with Crippen molar-refractivity contribution in [2.24, 2.45) is 11.3 Å². The molecule has 0 aromatic rings. The Hall–Kier alpha value is -0.0800. The maximum atomic E-state index is 5.22. The number of hydrogen-bond acceptors (Lipinski definition) is 2. The third kappa shape index (κ3) is 4.06. The van der Waals surface area contributed by atoms with Crippen molar-refractivity contribution < 1.29 is 4.74 Å². The number of rotatable bonds is 7. The number of hydrogen-bond donors (Lipinski definition) is 1. The van der Waals surface area contributed by atoms with Crippen LogP contribution in [0, 0.1) is 11.3 Å². The maximum absolute atomic E-state index is 5.22. The lowest BCUT2D eigenvalue weighted by atomic mass is 9.77. The lowest BCUT2D eigenvalue weighted by Gasteiger charge is -2.33. The summed E-state index contributed by atoms with van der Waals surface area (Å²) in [5.41, 5.74) is 0.442. The van der Waals surface area contributed by atoms with E-state index in [2.05, 4.69) is 26.1 Å². The molecule has 0 radical (unpaired) electrons. The van der Waals surface area contributed by atoms with Crippen molar-refractivity contribution in [2.45, 2.75) is 58.9 Å². The second kappa shape index (κ2) is 6.61. The molecular formula is C14H29NO. The van der Waals surface area contributed by atoms with Crippen LogP contribution in [0.5, 0.6) is 0 Å². The van der Waals surface area contributed by atoms with Gasteiger partial charge in [-0.25, -0.2) is 0 Å². The molecule has 1 N–H and O–H groups in total. The summed E-state index contributed by atoms with van der Waals surface area (Å²) >= 11 is 0. The largest absolute Gasteiger partial charge is 0.383 e. The molecule has 0 spiro atoms. The molecule has 0 aromatic heterocycles. The maximum Gasteiger partial charge on any atom is 0.0615 e. The van der Waals surface area contributed by atoms with Gasteiger partial charge in [-0.05, 0) is 30.6 Å². The standard InChI is InChI=1S/C14H29NO/c1-5-13(10-16-4)15-11-14(2,3)12-8-6-7-9-12/h12-13,15H,5-11H2,1-4H3. The summed E-state index contributed by atoms with van der Waals surface area (Å²) in [5.74, 6) is 0.917. The Labute approximate surface area is 101 Å². The number of nitrogens with one attached hydrogen (secondary N) is 1. The average Bonchev–Trinajstić information content (AvgIpc) is 2.78. The van der Waals surface area contributed by atoms with Gasteiger partial charge >= 0.3 is 0 Å². The van der Waals surface area contributed by atoms with Gasteiger partial charge in [-0.15, -0.1) is 0 Å². The molecule has 2 nitrogen and oxygen atoms in total. The van der Waals surface area contributed by atoms with Gasteiger partial charge in [-0.3, -0.25) is 0 Å². The van der Waals surface area contributed by atoms with Gasteiger partial charge in [0.1, 0.15) is 0 Å². The summed E-state index contributed by atoms with van der Waals surface area (Å²) < 4.78 is 5.22. The summed E-state index contributed by atoms with van der Waals surface area (Å²) in [6, 6.07) is 0.519. The predicted molar refractivity (Wildman–Crippen MR) is 69.7 cm³/mol. The topological polar surface area (TPSA) is 21.3 Å². The molecule has 0 saturated heterocycles. The summed E-state index contributed by atoms with van der Waals surface area (Å²) in [5, 5.41) is 3.66. The monoisotopic (exact) mass is 227 g/mol. The van der Waals surface area contributed by atoms with Crippen molar-refractivity contribution in [3.8, 4) is 0 Å². The normalized spacial score (nSPS) is 20.2. The fraction of sp³-hybridized carbons (Fsp3) is 1.00. The van der Waals surface area contributed by atoms with Crippen LogP contribution in [0.2, 0.25) is 0 Å². The van der Waals surface area contributed by atoms with Gasteiger partial charge in [0.2, 0.25) is 0 Å². The lowest BCUT2D eigenvalue weighted by molar-refractivity contribution is 0.143. The first-order chi connectivity index (χ1) is 7.60. The van der Waals surface area contributed by atoms with E-state index < -0.39 is 0 Å². The molecule has 1 aliphatic rings. The van der Waals surface area contributed by atoms with Gasteiger partial charge in [0, 0.05) is 19.7 Å². The van der Waals surface area contributed by atoms with Crippen molar-refractivity contribution in [1.29, 1.82) is 0 Å². The zero-order valence-corrected chi connectivity index (χ0v) is 11.5. The minimum absolute atomic E-state index is 0.442. The molecule has 0 bridgehead atoms. The number of ether oxygens (including phenoxy) is 1. The summed E-state index contributed by atoms with van der Waals surface area (Å²) in [4.78, 5) is 0. The van der Waals surface area contributed by atoms with Crippen LogP contribution < -0.4 is 5.32 Å². The van der Waals surface area contributed by atoms with Crippen molar-refractivity contribution in [3.05, 3.63) is 0 Å². The van der Waals surface area contributed by atoms with E-state index in [1.54, 1.807) is 7.11 Å². The van der Waals surface area contributed by atoms with Gasteiger partial charge in [-0.1, -0.05) is 33.6 Å². The fourth-order valence-corrected chi connectivity index (χ4v) is 2.78. The Kier molecular flexibility index (Phi) is 5.77. The Morgan fingerprint density at radius 3 is 2.44 bits per heavy atom. The van der Waals surface area contributed by atoms with Crippen LogP contribution >= 0.6 is 0 Å². The van der Waals surface area contributed by atoms with Crippen molar-refractivity contribution in [3.63, 3.8) is 0 Å². The highest BCUT2D eigenvalue weighted by Crippen LogP contribution is 2.39. The highest BCUT2D eigenvalue weighted by atomic mass is 16.5. The van der Waals surface area contributed by atoms with Crippen LogP contribution in [0.3, 0.4) is 0 Å².